The van der Waals surface area contributed by atoms with Gasteiger partial charge >= 0.3 is 0 Å². The first kappa shape index (κ1) is 18.6. The van der Waals surface area contributed by atoms with E-state index >= 15 is 0 Å². The summed E-state index contributed by atoms with van der Waals surface area (Å²) in [5, 5.41) is 3.45. The summed E-state index contributed by atoms with van der Waals surface area (Å²) in [5.74, 6) is 1.89. The fourth-order valence-electron chi connectivity index (χ4n) is 3.41. The minimum Gasteiger partial charge on any atom is -0.355 e. The minimum absolute atomic E-state index is 0.0307. The Hall–Kier alpha value is -2.15. The molecule has 2 aromatic rings. The number of benzene rings is 1. The van der Waals surface area contributed by atoms with Gasteiger partial charge in [0.05, 0.1) is 11.5 Å². The van der Waals surface area contributed by atoms with Gasteiger partial charge in [-0.2, -0.15) is 0 Å². The van der Waals surface area contributed by atoms with Crippen LogP contribution in [0.5, 0.6) is 0 Å². The highest BCUT2D eigenvalue weighted by molar-refractivity contribution is 7.91. The zero-order valence-corrected chi connectivity index (χ0v) is 16.4. The minimum atomic E-state index is -2.93. The summed E-state index contributed by atoms with van der Waals surface area (Å²) in [7, 11) is -1.03. The van der Waals surface area contributed by atoms with Crippen molar-refractivity contribution in [2.24, 2.45) is 0 Å². The standard InChI is InChI=1S/C19H26N4O2S/c1-4-14-7-6-8-15(5-2)19(14)22-17-11-18(21-13-20-17)23(3)16-9-10-26(24,25)12-16/h6-8,11,13,16H,4-5,9-10,12H2,1-3H3,(H,20,21,22). The molecule has 0 amide bonds. The molecular weight excluding hydrogens is 348 g/mol. The van der Waals surface area contributed by atoms with Crippen LogP contribution >= 0.6 is 0 Å². The van der Waals surface area contributed by atoms with Gasteiger partial charge in [-0.1, -0.05) is 32.0 Å². The summed E-state index contributed by atoms with van der Waals surface area (Å²) >= 11 is 0. The van der Waals surface area contributed by atoms with Gasteiger partial charge in [0.1, 0.15) is 18.0 Å². The number of nitrogens with one attached hydrogen (secondary N) is 1. The van der Waals surface area contributed by atoms with E-state index in [4.69, 9.17) is 0 Å². The first-order chi connectivity index (χ1) is 12.4. The quantitative estimate of drug-likeness (QED) is 0.838. The Labute approximate surface area is 155 Å². The van der Waals surface area contributed by atoms with E-state index in [0.29, 0.717) is 6.42 Å². The monoisotopic (exact) mass is 374 g/mol. The molecule has 6 nitrogen and oxygen atoms in total. The SMILES string of the molecule is CCc1cccc(CC)c1Nc1cc(N(C)C2CCS(=O)(=O)C2)ncn1. The van der Waals surface area contributed by atoms with Crippen LogP contribution in [0.2, 0.25) is 0 Å². The summed E-state index contributed by atoms with van der Waals surface area (Å²) in [6.45, 7) is 4.28. The van der Waals surface area contributed by atoms with E-state index in [1.54, 1.807) is 0 Å². The number of para-hydroxylation sites is 1. The second kappa shape index (κ2) is 7.61. The van der Waals surface area contributed by atoms with Gasteiger partial charge in [-0.05, 0) is 30.4 Å². The molecule has 7 heteroatoms. The van der Waals surface area contributed by atoms with E-state index in [1.165, 1.54) is 17.5 Å². The van der Waals surface area contributed by atoms with Crippen LogP contribution in [0.25, 0.3) is 0 Å². The largest absolute Gasteiger partial charge is 0.355 e. The Morgan fingerprint density at radius 3 is 2.46 bits per heavy atom. The molecule has 3 rings (SSSR count). The molecule has 0 bridgehead atoms. The molecule has 2 heterocycles. The van der Waals surface area contributed by atoms with Gasteiger partial charge < -0.3 is 10.2 Å². The average molecular weight is 375 g/mol. The lowest BCUT2D eigenvalue weighted by atomic mass is 10.0. The number of hydrogen-bond donors (Lipinski definition) is 1. The van der Waals surface area contributed by atoms with Gasteiger partial charge in [-0.3, -0.25) is 0 Å². The van der Waals surface area contributed by atoms with E-state index in [-0.39, 0.29) is 17.5 Å². The number of anilines is 3. The van der Waals surface area contributed by atoms with E-state index in [0.717, 1.165) is 30.2 Å². The zero-order valence-electron chi connectivity index (χ0n) is 15.6. The molecule has 1 aromatic carbocycles. The number of aromatic nitrogens is 2. The van der Waals surface area contributed by atoms with E-state index in [9.17, 15) is 8.42 Å². The van der Waals surface area contributed by atoms with Gasteiger partial charge in [-0.15, -0.1) is 0 Å². The van der Waals surface area contributed by atoms with Gasteiger partial charge in [0.15, 0.2) is 9.84 Å². The van der Waals surface area contributed by atoms with Crippen LogP contribution in [0.4, 0.5) is 17.3 Å². The van der Waals surface area contributed by atoms with Crippen molar-refractivity contribution in [3.05, 3.63) is 41.7 Å². The summed E-state index contributed by atoms with van der Waals surface area (Å²) in [6, 6.07) is 8.19. The highest BCUT2D eigenvalue weighted by Crippen LogP contribution is 2.28. The van der Waals surface area contributed by atoms with Crippen molar-refractivity contribution >= 4 is 27.2 Å². The van der Waals surface area contributed by atoms with Gasteiger partial charge in [0.2, 0.25) is 0 Å². The summed E-state index contributed by atoms with van der Waals surface area (Å²) in [4.78, 5) is 10.6. The Kier molecular flexibility index (Phi) is 5.46. The maximum absolute atomic E-state index is 11.8. The molecule has 0 radical (unpaired) electrons. The summed E-state index contributed by atoms with van der Waals surface area (Å²) in [5.41, 5.74) is 3.60. The molecule has 0 saturated carbocycles. The van der Waals surface area contributed by atoms with Crippen LogP contribution in [-0.4, -0.2) is 43.0 Å². The lowest BCUT2D eigenvalue weighted by Crippen LogP contribution is -2.33. The summed E-state index contributed by atoms with van der Waals surface area (Å²) < 4.78 is 23.5. The predicted octanol–water partition coefficient (Wildman–Crippen LogP) is 2.97. The second-order valence-electron chi connectivity index (χ2n) is 6.71. The normalized spacial score (nSPS) is 18.7. The van der Waals surface area contributed by atoms with Crippen LogP contribution in [0, 0.1) is 0 Å². The first-order valence-electron chi connectivity index (χ1n) is 9.06. The molecule has 0 spiro atoms. The van der Waals surface area contributed by atoms with Crippen LogP contribution in [-0.2, 0) is 22.7 Å². The third-order valence-electron chi connectivity index (χ3n) is 5.02. The third kappa shape index (κ3) is 3.98. The number of aryl methyl sites for hydroxylation is 2. The Balaban J connectivity index is 1.85. The Bertz CT molecular complexity index is 861. The molecule has 26 heavy (non-hydrogen) atoms. The highest BCUT2D eigenvalue weighted by Gasteiger charge is 2.31. The number of hydrogen-bond acceptors (Lipinski definition) is 6. The van der Waals surface area contributed by atoms with Crippen molar-refractivity contribution in [1.82, 2.24) is 9.97 Å². The van der Waals surface area contributed by atoms with E-state index in [2.05, 4.69) is 47.3 Å². The maximum atomic E-state index is 11.8. The average Bonchev–Trinajstić information content (AvgIpc) is 3.01. The maximum Gasteiger partial charge on any atom is 0.152 e. The van der Waals surface area contributed by atoms with Crippen molar-refractivity contribution in [1.29, 1.82) is 0 Å². The fourth-order valence-corrected chi connectivity index (χ4v) is 5.18. The molecule has 140 valence electrons. The highest BCUT2D eigenvalue weighted by atomic mass is 32.2. The number of sulfone groups is 1. The molecule has 1 aliphatic rings. The topological polar surface area (TPSA) is 75.2 Å². The molecule has 1 atom stereocenters. The smallest absolute Gasteiger partial charge is 0.152 e. The van der Waals surface area contributed by atoms with Crippen LogP contribution in [0.1, 0.15) is 31.4 Å². The van der Waals surface area contributed by atoms with Gasteiger partial charge in [0.25, 0.3) is 0 Å². The lowest BCUT2D eigenvalue weighted by Gasteiger charge is -2.24. The number of rotatable bonds is 6. The lowest BCUT2D eigenvalue weighted by molar-refractivity contribution is 0.600. The van der Waals surface area contributed by atoms with Crippen LogP contribution < -0.4 is 10.2 Å². The van der Waals surface area contributed by atoms with Crippen molar-refractivity contribution in [2.75, 3.05) is 28.8 Å². The van der Waals surface area contributed by atoms with Gasteiger partial charge in [0, 0.05) is 24.8 Å². The molecule has 0 aliphatic carbocycles. The Morgan fingerprint density at radius 1 is 1.19 bits per heavy atom. The van der Waals surface area contributed by atoms with E-state index in [1.807, 2.05) is 18.0 Å². The molecule has 1 unspecified atom stereocenters. The summed E-state index contributed by atoms with van der Waals surface area (Å²) in [6.07, 6.45) is 4.05. The van der Waals surface area contributed by atoms with Crippen LogP contribution in [0.15, 0.2) is 30.6 Å². The molecule has 1 aromatic heterocycles. The van der Waals surface area contributed by atoms with Crippen molar-refractivity contribution < 1.29 is 8.42 Å². The second-order valence-corrected chi connectivity index (χ2v) is 8.94. The molecule has 1 N–H and O–H groups in total. The molecule has 1 fully saturated rings. The number of nitrogens with zero attached hydrogens (tertiary/aromatic N) is 3. The molecule has 1 saturated heterocycles. The van der Waals surface area contributed by atoms with Crippen molar-refractivity contribution in [3.8, 4) is 0 Å². The zero-order chi connectivity index (χ0) is 18.7. The Morgan fingerprint density at radius 2 is 1.88 bits per heavy atom. The molecular formula is C19H26N4O2S. The third-order valence-corrected chi connectivity index (χ3v) is 6.77. The molecule has 1 aliphatic heterocycles. The predicted molar refractivity (Wildman–Crippen MR) is 106 cm³/mol. The van der Waals surface area contributed by atoms with Crippen molar-refractivity contribution in [3.63, 3.8) is 0 Å². The van der Waals surface area contributed by atoms with Crippen LogP contribution in [0.3, 0.4) is 0 Å². The van der Waals surface area contributed by atoms with Crippen molar-refractivity contribution in [2.45, 2.75) is 39.2 Å². The first-order valence-corrected chi connectivity index (χ1v) is 10.9. The fraction of sp³-hybridized carbons (Fsp3) is 0.474. The van der Waals surface area contributed by atoms with Gasteiger partial charge in [-0.25, -0.2) is 18.4 Å². The van der Waals surface area contributed by atoms with E-state index < -0.39 is 9.84 Å².